The highest BCUT2D eigenvalue weighted by Gasteiger charge is 2.35. The van der Waals surface area contributed by atoms with E-state index in [4.69, 9.17) is 16.3 Å². The Morgan fingerprint density at radius 1 is 1.27 bits per heavy atom. The number of aromatic nitrogens is 1. The first kappa shape index (κ1) is 19.5. The minimum atomic E-state index is -4.41. The van der Waals surface area contributed by atoms with Gasteiger partial charge in [-0.3, -0.25) is 4.98 Å². The minimum absolute atomic E-state index is 0.0618. The summed E-state index contributed by atoms with van der Waals surface area (Å²) >= 11 is 10.4. The Morgan fingerprint density at radius 3 is 2.32 bits per heavy atom. The Balaban J connectivity index is 2.71. The number of nitrogens with zero attached hydrogens (tertiary/aromatic N) is 1. The second-order valence-corrected chi connectivity index (χ2v) is 7.27. The van der Waals surface area contributed by atoms with E-state index in [1.165, 1.54) is 13.5 Å². The third-order valence-corrected chi connectivity index (χ3v) is 4.03. The summed E-state index contributed by atoms with van der Waals surface area (Å²) in [6, 6.07) is 1.26. The highest BCUT2D eigenvalue weighted by molar-refractivity contribution is 7.81. The lowest BCUT2D eigenvalue weighted by molar-refractivity contribution is -0.153. The summed E-state index contributed by atoms with van der Waals surface area (Å²) in [6.07, 6.45) is -3.26. The van der Waals surface area contributed by atoms with Crippen LogP contribution in [0.1, 0.15) is 27.7 Å². The Bertz CT molecular complexity index is 521. The molecule has 0 unspecified atom stereocenters. The van der Waals surface area contributed by atoms with Gasteiger partial charge in [0.25, 0.3) is 0 Å². The number of rotatable bonds is 6. The molecule has 0 aliphatic heterocycles. The molecule has 1 radical (unpaired) electrons. The zero-order valence-electron chi connectivity index (χ0n) is 12.7. The lowest BCUT2D eigenvalue weighted by atomic mass is 9.87. The summed E-state index contributed by atoms with van der Waals surface area (Å²) in [6.45, 7) is 6.10. The topological polar surface area (TPSA) is 31.4 Å². The second kappa shape index (κ2) is 6.89. The van der Waals surface area contributed by atoms with Gasteiger partial charge in [-0.25, -0.2) is 0 Å². The molecule has 0 aliphatic rings. The summed E-state index contributed by atoms with van der Waals surface area (Å²) in [5.74, 6) is -0.0618. The van der Waals surface area contributed by atoms with Gasteiger partial charge in [0.15, 0.2) is 6.61 Å². The van der Waals surface area contributed by atoms with Crippen molar-refractivity contribution in [3.63, 3.8) is 0 Å². The molecule has 9 heteroatoms. The Hall–Kier alpha value is -0.595. The number of thiol groups is 1. The van der Waals surface area contributed by atoms with Crippen LogP contribution in [-0.2, 0) is 4.65 Å². The Labute approximate surface area is 139 Å². The van der Waals surface area contributed by atoms with Gasteiger partial charge in [-0.2, -0.15) is 25.8 Å². The van der Waals surface area contributed by atoms with Crippen molar-refractivity contribution in [2.75, 3.05) is 6.61 Å². The first-order chi connectivity index (χ1) is 9.82. The average molecular weight is 355 g/mol. The van der Waals surface area contributed by atoms with E-state index >= 15 is 0 Å². The van der Waals surface area contributed by atoms with Crippen molar-refractivity contribution in [1.29, 1.82) is 0 Å². The highest BCUT2D eigenvalue weighted by atomic mass is 35.5. The summed E-state index contributed by atoms with van der Waals surface area (Å²) in [7, 11) is 1.36. The van der Waals surface area contributed by atoms with Crippen LogP contribution in [0.2, 0.25) is 5.02 Å². The van der Waals surface area contributed by atoms with Crippen LogP contribution < -0.4 is 10.3 Å². The molecule has 0 saturated carbocycles. The van der Waals surface area contributed by atoms with Crippen LogP contribution in [0.4, 0.5) is 13.2 Å². The summed E-state index contributed by atoms with van der Waals surface area (Å²) < 4.78 is 46.0. The number of alkyl halides is 3. The molecule has 0 bridgehead atoms. The average Bonchev–Trinajstić information content (AvgIpc) is 2.33. The molecule has 0 amide bonds. The minimum Gasteiger partial charge on any atom is -0.482 e. The fourth-order valence-corrected chi connectivity index (χ4v) is 1.36. The van der Waals surface area contributed by atoms with E-state index in [2.05, 4.69) is 22.3 Å². The first-order valence-electron chi connectivity index (χ1n) is 6.40. The molecule has 0 saturated heterocycles. The van der Waals surface area contributed by atoms with Crippen molar-refractivity contribution >= 4 is 37.3 Å². The van der Waals surface area contributed by atoms with Gasteiger partial charge in [-0.15, -0.1) is 0 Å². The molecule has 0 spiro atoms. The van der Waals surface area contributed by atoms with Crippen LogP contribution in [0.25, 0.3) is 0 Å². The molecular formula is C13H17BClF3NO2S. The van der Waals surface area contributed by atoms with Crippen molar-refractivity contribution in [3.8, 4) is 5.75 Å². The molecule has 1 aromatic rings. The van der Waals surface area contributed by atoms with Crippen LogP contribution in [0.15, 0.2) is 12.3 Å². The van der Waals surface area contributed by atoms with Crippen molar-refractivity contribution < 1.29 is 22.6 Å². The highest BCUT2D eigenvalue weighted by Crippen LogP contribution is 2.30. The van der Waals surface area contributed by atoms with E-state index in [9.17, 15) is 13.2 Å². The zero-order chi connectivity index (χ0) is 17.2. The predicted octanol–water partition coefficient (Wildman–Crippen LogP) is 3.42. The van der Waals surface area contributed by atoms with Crippen LogP contribution in [0.3, 0.4) is 0 Å². The number of pyridine rings is 1. The maximum Gasteiger partial charge on any atom is 0.422 e. The fraction of sp³-hybridized carbons (Fsp3) is 0.615. The van der Waals surface area contributed by atoms with Gasteiger partial charge in [-0.05, 0) is 27.7 Å². The number of hydrogen-bond donors (Lipinski definition) is 1. The molecular weight excluding hydrogens is 337 g/mol. The molecule has 0 aliphatic carbocycles. The van der Waals surface area contributed by atoms with E-state index in [0.29, 0.717) is 5.59 Å². The van der Waals surface area contributed by atoms with Crippen LogP contribution in [-0.4, -0.2) is 35.6 Å². The first-order valence-corrected chi connectivity index (χ1v) is 7.23. The van der Waals surface area contributed by atoms with Crippen molar-refractivity contribution in [3.05, 3.63) is 17.3 Å². The number of hydrogen-bond acceptors (Lipinski definition) is 4. The van der Waals surface area contributed by atoms with Crippen molar-refractivity contribution in [2.45, 2.75) is 44.2 Å². The summed E-state index contributed by atoms with van der Waals surface area (Å²) in [5.41, 5.74) is -0.307. The normalized spacial score (nSPS) is 13.1. The van der Waals surface area contributed by atoms with Gasteiger partial charge in [0, 0.05) is 10.8 Å². The molecule has 0 atom stereocenters. The van der Waals surface area contributed by atoms with Crippen LogP contribution in [0, 0.1) is 0 Å². The maximum absolute atomic E-state index is 12.1. The quantitative estimate of drug-likeness (QED) is 0.627. The number of halogens is 4. The fourth-order valence-electron chi connectivity index (χ4n) is 1.11. The Morgan fingerprint density at radius 2 is 1.86 bits per heavy atom. The van der Waals surface area contributed by atoms with E-state index in [1.54, 1.807) is 0 Å². The maximum atomic E-state index is 12.1. The van der Waals surface area contributed by atoms with Crippen molar-refractivity contribution in [2.24, 2.45) is 0 Å². The van der Waals surface area contributed by atoms with Crippen LogP contribution >= 0.6 is 24.2 Å². The molecule has 0 fully saturated rings. The lowest BCUT2D eigenvalue weighted by Crippen LogP contribution is -2.46. The Kier molecular flexibility index (Phi) is 6.09. The molecule has 123 valence electrons. The molecule has 1 aromatic heterocycles. The van der Waals surface area contributed by atoms with Gasteiger partial charge < -0.3 is 9.39 Å². The monoisotopic (exact) mass is 354 g/mol. The largest absolute Gasteiger partial charge is 0.482 e. The van der Waals surface area contributed by atoms with Gasteiger partial charge in [-0.1, -0.05) is 11.6 Å². The lowest BCUT2D eigenvalue weighted by Gasteiger charge is -2.38. The molecule has 0 aromatic carbocycles. The zero-order valence-corrected chi connectivity index (χ0v) is 14.3. The summed E-state index contributed by atoms with van der Waals surface area (Å²) in [4.78, 5) is 3.93. The summed E-state index contributed by atoms with van der Waals surface area (Å²) in [5, 5.41) is 0.132. The number of ether oxygens (including phenoxy) is 1. The predicted molar refractivity (Wildman–Crippen MR) is 84.4 cm³/mol. The molecule has 0 N–H and O–H groups in total. The smallest absolute Gasteiger partial charge is 0.422 e. The molecule has 1 heterocycles. The third-order valence-electron chi connectivity index (χ3n) is 3.19. The van der Waals surface area contributed by atoms with Gasteiger partial charge >= 0.3 is 13.7 Å². The second-order valence-electron chi connectivity index (χ2n) is 5.75. The van der Waals surface area contributed by atoms with Crippen molar-refractivity contribution in [1.82, 2.24) is 4.98 Å². The van der Waals surface area contributed by atoms with E-state index in [0.717, 1.165) is 6.20 Å². The molecule has 22 heavy (non-hydrogen) atoms. The standard InChI is InChI=1S/C13H17BClF3NO2S/c1-11(2,12(3,4)22)21-14-10-9(15)5-8(6-19-10)20-7-13(16,17)18/h5-6,22H,7H2,1-4H3. The molecule has 3 nitrogen and oxygen atoms in total. The van der Waals surface area contributed by atoms with Crippen LogP contribution in [0.5, 0.6) is 5.75 Å². The third kappa shape index (κ3) is 5.89. The van der Waals surface area contributed by atoms with E-state index in [1.807, 2.05) is 27.7 Å². The SMILES string of the molecule is CC(C)(S)C(C)(C)O[B]c1ncc(OCC(F)(F)F)cc1Cl. The van der Waals surface area contributed by atoms with Gasteiger partial charge in [0.05, 0.1) is 22.4 Å². The molecule has 1 rings (SSSR count). The van der Waals surface area contributed by atoms with Gasteiger partial charge in [0.1, 0.15) is 5.75 Å². The van der Waals surface area contributed by atoms with Gasteiger partial charge in [0.2, 0.25) is 0 Å². The van der Waals surface area contributed by atoms with E-state index in [-0.39, 0.29) is 10.8 Å². The van der Waals surface area contributed by atoms with E-state index < -0.39 is 23.1 Å².